The highest BCUT2D eigenvalue weighted by Gasteiger charge is 1.98. The summed E-state index contributed by atoms with van der Waals surface area (Å²) < 4.78 is 0. The number of para-hydroxylation sites is 1. The Kier molecular flexibility index (Phi) is 3.61. The lowest BCUT2D eigenvalue weighted by Crippen LogP contribution is -1.97. The fourth-order valence-corrected chi connectivity index (χ4v) is 0.873. The molecule has 0 aliphatic heterocycles. The van der Waals surface area contributed by atoms with Crippen molar-refractivity contribution in [3.8, 4) is 0 Å². The van der Waals surface area contributed by atoms with Crippen molar-refractivity contribution in [1.29, 1.82) is 0 Å². The first-order chi connectivity index (χ1) is 6.74. The minimum atomic E-state index is -0.216. The van der Waals surface area contributed by atoms with E-state index in [1.165, 1.54) is 13.1 Å². The Morgan fingerprint density at radius 2 is 2.00 bits per heavy atom. The number of aliphatic hydroxyl groups excluding tert-OH is 1. The number of aliphatic imine (C=N–C) groups is 1. The number of benzene rings is 1. The zero-order valence-corrected chi connectivity index (χ0v) is 7.84. The minimum Gasteiger partial charge on any atom is -0.515 e. The van der Waals surface area contributed by atoms with E-state index in [0.29, 0.717) is 0 Å². The zero-order valence-electron chi connectivity index (χ0n) is 7.84. The molecule has 0 spiro atoms. The van der Waals surface area contributed by atoms with Gasteiger partial charge in [0.1, 0.15) is 0 Å². The predicted octanol–water partition coefficient (Wildman–Crippen LogP) is 2.42. The molecule has 3 nitrogen and oxygen atoms in total. The zero-order chi connectivity index (χ0) is 10.4. The summed E-state index contributed by atoms with van der Waals surface area (Å²) in [6.07, 6.45) is 2.10. The van der Waals surface area contributed by atoms with Gasteiger partial charge in [-0.2, -0.15) is 0 Å². The number of hydrogen-bond acceptors (Lipinski definition) is 3. The first-order valence-corrected chi connectivity index (χ1v) is 4.18. The van der Waals surface area contributed by atoms with E-state index in [1.807, 2.05) is 30.3 Å². The number of hydrogen-bond donors (Lipinski definition) is 1. The topological polar surface area (TPSA) is 49.7 Å². The van der Waals surface area contributed by atoms with Gasteiger partial charge in [-0.25, -0.2) is 0 Å². The maximum Gasteiger partial charge on any atom is 0.164 e. The Balaban J connectivity index is 2.78. The van der Waals surface area contributed by atoms with E-state index in [9.17, 15) is 4.79 Å². The molecule has 72 valence electrons. The molecule has 0 aromatic heterocycles. The van der Waals surface area contributed by atoms with Crippen molar-refractivity contribution in [2.45, 2.75) is 6.92 Å². The number of carbonyl (C=O) groups is 1. The van der Waals surface area contributed by atoms with Crippen LogP contribution in [0.3, 0.4) is 0 Å². The number of Topliss-reactive ketones (excluding diaryl/α,β-unsaturated/α-hetero) is 1. The van der Waals surface area contributed by atoms with Gasteiger partial charge in [0.05, 0.1) is 17.5 Å². The Bertz CT molecular complexity index is 366. The molecule has 0 unspecified atom stereocenters. The molecule has 0 aliphatic rings. The van der Waals surface area contributed by atoms with Gasteiger partial charge in [0.25, 0.3) is 0 Å². The molecular formula is C11H11NO2. The highest BCUT2D eigenvalue weighted by atomic mass is 16.2. The molecular weight excluding hydrogens is 178 g/mol. The highest BCUT2D eigenvalue weighted by Crippen LogP contribution is 2.09. The Morgan fingerprint density at radius 1 is 1.36 bits per heavy atom. The average molecular weight is 189 g/mol. The second kappa shape index (κ2) is 4.97. The van der Waals surface area contributed by atoms with Gasteiger partial charge < -0.3 is 5.11 Å². The summed E-state index contributed by atoms with van der Waals surface area (Å²) in [7, 11) is 0. The van der Waals surface area contributed by atoms with Crippen LogP contribution in [0.1, 0.15) is 6.92 Å². The predicted molar refractivity (Wildman–Crippen MR) is 56.0 cm³/mol. The largest absolute Gasteiger partial charge is 0.515 e. The molecule has 0 radical (unpaired) electrons. The summed E-state index contributed by atoms with van der Waals surface area (Å²) in [5.74, 6) is -0.216. The van der Waals surface area contributed by atoms with Crippen molar-refractivity contribution in [2.75, 3.05) is 0 Å². The lowest BCUT2D eigenvalue weighted by atomic mass is 10.2. The van der Waals surface area contributed by atoms with Gasteiger partial charge >= 0.3 is 0 Å². The number of rotatable bonds is 3. The van der Waals surface area contributed by atoms with Gasteiger partial charge in [-0.15, -0.1) is 0 Å². The molecule has 0 atom stereocenters. The van der Waals surface area contributed by atoms with Gasteiger partial charge in [-0.05, 0) is 19.1 Å². The van der Waals surface area contributed by atoms with Crippen LogP contribution in [0.2, 0.25) is 0 Å². The Morgan fingerprint density at radius 3 is 2.50 bits per heavy atom. The maximum absolute atomic E-state index is 10.9. The summed E-state index contributed by atoms with van der Waals surface area (Å²) in [6.45, 7) is 1.37. The van der Waals surface area contributed by atoms with Crippen molar-refractivity contribution >= 4 is 17.7 Å². The van der Waals surface area contributed by atoms with Gasteiger partial charge in [0.2, 0.25) is 0 Å². The summed E-state index contributed by atoms with van der Waals surface area (Å²) >= 11 is 0. The standard InChI is InChI=1S/C11H11NO2/c1-9(14)10(8-13)7-12-11-5-3-2-4-6-11/h2-8,13H,1H3/b10-8-,12-7?. The normalized spacial score (nSPS) is 11.9. The molecule has 0 aliphatic carbocycles. The van der Waals surface area contributed by atoms with Gasteiger partial charge in [-0.3, -0.25) is 9.79 Å². The SMILES string of the molecule is CC(=O)/C(C=Nc1ccccc1)=C\O. The van der Waals surface area contributed by atoms with Crippen LogP contribution in [0.25, 0.3) is 0 Å². The molecule has 0 heterocycles. The van der Waals surface area contributed by atoms with Crippen molar-refractivity contribution in [3.05, 3.63) is 42.2 Å². The average Bonchev–Trinajstić information content (AvgIpc) is 2.20. The quantitative estimate of drug-likeness (QED) is 0.451. The number of allylic oxidation sites excluding steroid dienone is 1. The van der Waals surface area contributed by atoms with Crippen LogP contribution in [0.15, 0.2) is 47.2 Å². The van der Waals surface area contributed by atoms with Crippen LogP contribution in [0, 0.1) is 0 Å². The summed E-state index contributed by atoms with van der Waals surface area (Å²) in [5.41, 5.74) is 0.932. The molecule has 1 aromatic rings. The molecule has 0 bridgehead atoms. The Hall–Kier alpha value is -1.90. The van der Waals surface area contributed by atoms with E-state index in [1.54, 1.807) is 0 Å². The van der Waals surface area contributed by atoms with Crippen LogP contribution in [0.5, 0.6) is 0 Å². The third-order valence-corrected chi connectivity index (χ3v) is 1.65. The van der Waals surface area contributed by atoms with Gasteiger partial charge in [0.15, 0.2) is 5.78 Å². The highest BCUT2D eigenvalue weighted by molar-refractivity contribution is 6.12. The third kappa shape index (κ3) is 2.86. The maximum atomic E-state index is 10.9. The second-order valence-corrected chi connectivity index (χ2v) is 2.73. The van der Waals surface area contributed by atoms with E-state index in [0.717, 1.165) is 11.9 Å². The first kappa shape index (κ1) is 10.2. The van der Waals surface area contributed by atoms with E-state index < -0.39 is 0 Å². The minimum absolute atomic E-state index is 0.189. The van der Waals surface area contributed by atoms with E-state index in [-0.39, 0.29) is 11.4 Å². The molecule has 3 heteroatoms. The van der Waals surface area contributed by atoms with E-state index in [2.05, 4.69) is 4.99 Å². The fourth-order valence-electron chi connectivity index (χ4n) is 0.873. The summed E-state index contributed by atoms with van der Waals surface area (Å²) in [5, 5.41) is 8.70. The molecule has 0 saturated carbocycles. The monoisotopic (exact) mass is 189 g/mol. The number of aliphatic hydroxyl groups is 1. The van der Waals surface area contributed by atoms with Crippen LogP contribution in [0.4, 0.5) is 5.69 Å². The van der Waals surface area contributed by atoms with Crippen molar-refractivity contribution in [2.24, 2.45) is 4.99 Å². The molecule has 14 heavy (non-hydrogen) atoms. The fraction of sp³-hybridized carbons (Fsp3) is 0.0909. The third-order valence-electron chi connectivity index (χ3n) is 1.65. The lowest BCUT2D eigenvalue weighted by molar-refractivity contribution is -0.113. The van der Waals surface area contributed by atoms with Crippen LogP contribution in [-0.2, 0) is 4.79 Å². The summed E-state index contributed by atoms with van der Waals surface area (Å²) in [6, 6.07) is 9.20. The van der Waals surface area contributed by atoms with E-state index >= 15 is 0 Å². The van der Waals surface area contributed by atoms with E-state index in [4.69, 9.17) is 5.11 Å². The summed E-state index contributed by atoms with van der Waals surface area (Å²) in [4.78, 5) is 14.9. The number of carbonyl (C=O) groups excluding carboxylic acids is 1. The molecule has 0 amide bonds. The molecule has 0 saturated heterocycles. The number of ketones is 1. The van der Waals surface area contributed by atoms with Crippen LogP contribution < -0.4 is 0 Å². The molecule has 1 aromatic carbocycles. The van der Waals surface area contributed by atoms with Gasteiger partial charge in [0, 0.05) is 6.21 Å². The molecule has 1 N–H and O–H groups in total. The second-order valence-electron chi connectivity index (χ2n) is 2.73. The van der Waals surface area contributed by atoms with Crippen molar-refractivity contribution in [3.63, 3.8) is 0 Å². The number of nitrogens with zero attached hydrogens (tertiary/aromatic N) is 1. The molecule has 0 fully saturated rings. The van der Waals surface area contributed by atoms with Crippen LogP contribution in [-0.4, -0.2) is 17.1 Å². The lowest BCUT2D eigenvalue weighted by Gasteiger charge is -1.93. The molecule has 1 rings (SSSR count). The van der Waals surface area contributed by atoms with Crippen molar-refractivity contribution in [1.82, 2.24) is 0 Å². The van der Waals surface area contributed by atoms with Crippen molar-refractivity contribution < 1.29 is 9.90 Å². The smallest absolute Gasteiger partial charge is 0.164 e. The first-order valence-electron chi connectivity index (χ1n) is 4.18. The van der Waals surface area contributed by atoms with Gasteiger partial charge in [-0.1, -0.05) is 18.2 Å². The Labute approximate surface area is 82.4 Å². The van der Waals surface area contributed by atoms with Crippen LogP contribution >= 0.6 is 0 Å².